The molecule has 0 saturated heterocycles. The van der Waals surface area contributed by atoms with Gasteiger partial charge in [-0.3, -0.25) is 14.7 Å². The third-order valence-electron chi connectivity index (χ3n) is 5.69. The van der Waals surface area contributed by atoms with Crippen molar-refractivity contribution in [3.05, 3.63) is 51.4 Å². The van der Waals surface area contributed by atoms with Crippen LogP contribution in [0.1, 0.15) is 36.8 Å². The third-order valence-corrected chi connectivity index (χ3v) is 6.56. The van der Waals surface area contributed by atoms with E-state index in [2.05, 4.69) is 25.6 Å². The van der Waals surface area contributed by atoms with E-state index in [9.17, 15) is 32.7 Å². The number of thiazole rings is 1. The molecule has 0 spiro atoms. The summed E-state index contributed by atoms with van der Waals surface area (Å²) in [4.78, 5) is 50.1. The maximum atomic E-state index is 13.3. The molecule has 15 heteroatoms. The molecule has 11 nitrogen and oxygen atoms in total. The Morgan fingerprint density at radius 1 is 1.12 bits per heavy atom. The van der Waals surface area contributed by atoms with Crippen molar-refractivity contribution in [2.45, 2.75) is 33.5 Å². The number of ether oxygens (including phenoxy) is 1. The molecule has 4 aromatic heterocycles. The van der Waals surface area contributed by atoms with Crippen LogP contribution < -0.4 is 16.1 Å². The lowest BCUT2D eigenvalue weighted by Gasteiger charge is -2.15. The number of fused-ring (bicyclic) bond motifs is 1. The van der Waals surface area contributed by atoms with Gasteiger partial charge in [-0.2, -0.15) is 13.2 Å². The van der Waals surface area contributed by atoms with Crippen molar-refractivity contribution in [2.75, 3.05) is 18.5 Å². The van der Waals surface area contributed by atoms with Gasteiger partial charge in [0.05, 0.1) is 12.0 Å². The Morgan fingerprint density at radius 2 is 1.88 bits per heavy atom. The summed E-state index contributed by atoms with van der Waals surface area (Å²) in [6.45, 7) is 5.40. The van der Waals surface area contributed by atoms with Crippen LogP contribution in [0.5, 0.6) is 5.88 Å². The van der Waals surface area contributed by atoms with Crippen molar-refractivity contribution in [1.29, 1.82) is 0 Å². The van der Waals surface area contributed by atoms with E-state index in [-0.39, 0.29) is 51.7 Å². The minimum Gasteiger partial charge on any atom is -0.494 e. The van der Waals surface area contributed by atoms with E-state index in [4.69, 9.17) is 4.74 Å². The Kier molecular flexibility index (Phi) is 8.04. The van der Waals surface area contributed by atoms with Crippen LogP contribution in [0.2, 0.25) is 0 Å². The van der Waals surface area contributed by atoms with Gasteiger partial charge in [-0.1, -0.05) is 0 Å². The van der Waals surface area contributed by atoms with E-state index >= 15 is 0 Å². The summed E-state index contributed by atoms with van der Waals surface area (Å²) >= 11 is 0.735. The predicted molar refractivity (Wildman–Crippen MR) is 141 cm³/mol. The van der Waals surface area contributed by atoms with E-state index in [1.54, 1.807) is 20.8 Å². The number of esters is 1. The van der Waals surface area contributed by atoms with E-state index < -0.39 is 40.7 Å². The molecule has 0 aliphatic rings. The number of alkyl halides is 3. The van der Waals surface area contributed by atoms with Gasteiger partial charge in [0.25, 0.3) is 0 Å². The molecule has 4 heterocycles. The van der Waals surface area contributed by atoms with Crippen LogP contribution in [0.4, 0.5) is 23.8 Å². The molecule has 0 saturated carbocycles. The van der Waals surface area contributed by atoms with Crippen molar-refractivity contribution in [3.63, 3.8) is 0 Å². The number of hydrogen-bond donors (Lipinski definition) is 3. The number of aromatic hydroxyl groups is 1. The Bertz CT molecular complexity index is 1670. The molecular formula is C25H23F3N6O5S. The number of carbonyl (C=O) groups excluding carboxylic acids is 2. The fraction of sp³-hybridized carbons (Fsp3) is 0.280. The summed E-state index contributed by atoms with van der Waals surface area (Å²) in [5.74, 6) is -1.56. The van der Waals surface area contributed by atoms with Crippen LogP contribution in [-0.2, 0) is 17.5 Å². The molecule has 4 rings (SSSR count). The number of aromatic nitrogens is 4. The maximum Gasteiger partial charge on any atom is 0.434 e. The summed E-state index contributed by atoms with van der Waals surface area (Å²) < 4.78 is 46.2. The number of urea groups is 1. The highest BCUT2D eigenvalue weighted by Crippen LogP contribution is 2.39. The van der Waals surface area contributed by atoms with E-state index in [1.165, 1.54) is 29.1 Å². The van der Waals surface area contributed by atoms with Gasteiger partial charge in [0.15, 0.2) is 11.3 Å². The van der Waals surface area contributed by atoms with Crippen LogP contribution in [-0.4, -0.2) is 49.8 Å². The number of carbonyl (C=O) groups is 2. The van der Waals surface area contributed by atoms with E-state index in [1.807, 2.05) is 0 Å². The third kappa shape index (κ3) is 5.45. The lowest BCUT2D eigenvalue weighted by atomic mass is 10.0. The number of pyridine rings is 3. The van der Waals surface area contributed by atoms with Crippen LogP contribution in [0.3, 0.4) is 0 Å². The molecule has 0 radical (unpaired) electrons. The number of hydrogen-bond acceptors (Lipinski definition) is 9. The quantitative estimate of drug-likeness (QED) is 0.270. The summed E-state index contributed by atoms with van der Waals surface area (Å²) in [7, 11) is 0. The van der Waals surface area contributed by atoms with Crippen molar-refractivity contribution < 1.29 is 32.6 Å². The van der Waals surface area contributed by atoms with E-state index in [0.717, 1.165) is 16.7 Å². The molecule has 0 aliphatic heterocycles. The summed E-state index contributed by atoms with van der Waals surface area (Å²) in [5.41, 5.74) is -1.70. The molecule has 4 aromatic rings. The fourth-order valence-electron chi connectivity index (χ4n) is 3.92. The Morgan fingerprint density at radius 3 is 2.50 bits per heavy atom. The second-order valence-electron chi connectivity index (χ2n) is 8.22. The Labute approximate surface area is 228 Å². The van der Waals surface area contributed by atoms with Gasteiger partial charge < -0.3 is 15.2 Å². The zero-order valence-corrected chi connectivity index (χ0v) is 22.2. The van der Waals surface area contributed by atoms with Crippen molar-refractivity contribution in [1.82, 2.24) is 24.8 Å². The minimum absolute atomic E-state index is 0.0207. The first-order chi connectivity index (χ1) is 19.0. The van der Waals surface area contributed by atoms with Gasteiger partial charge in [-0.05, 0) is 32.9 Å². The smallest absolute Gasteiger partial charge is 0.434 e. The average Bonchev–Trinajstić information content (AvgIpc) is 3.40. The molecule has 0 bridgehead atoms. The predicted octanol–water partition coefficient (Wildman–Crippen LogP) is 4.64. The van der Waals surface area contributed by atoms with Crippen LogP contribution in [0.15, 0.2) is 34.7 Å². The Balaban J connectivity index is 1.94. The second-order valence-corrected chi connectivity index (χ2v) is 9.08. The van der Waals surface area contributed by atoms with Crippen molar-refractivity contribution >= 4 is 40.2 Å². The molecule has 210 valence electrons. The highest BCUT2D eigenvalue weighted by atomic mass is 32.1. The van der Waals surface area contributed by atoms with Gasteiger partial charge in [0.1, 0.15) is 16.5 Å². The monoisotopic (exact) mass is 576 g/mol. The first kappa shape index (κ1) is 28.5. The zero-order chi connectivity index (χ0) is 29.2. The Hall–Kier alpha value is -4.53. The lowest BCUT2D eigenvalue weighted by Crippen LogP contribution is -2.28. The van der Waals surface area contributed by atoms with Crippen LogP contribution in [0, 0.1) is 0 Å². The molecule has 40 heavy (non-hydrogen) atoms. The molecule has 2 amide bonds. The summed E-state index contributed by atoms with van der Waals surface area (Å²) in [6, 6.07) is 2.19. The normalized spacial score (nSPS) is 11.4. The number of nitrogens with one attached hydrogen (secondary N) is 2. The topological polar surface area (TPSA) is 148 Å². The fourth-order valence-corrected chi connectivity index (χ4v) is 4.78. The molecule has 0 unspecified atom stereocenters. The van der Waals surface area contributed by atoms with Gasteiger partial charge in [-0.15, -0.1) is 11.3 Å². The maximum absolute atomic E-state index is 13.3. The minimum atomic E-state index is -4.68. The van der Waals surface area contributed by atoms with Crippen molar-refractivity contribution in [3.8, 4) is 27.6 Å². The number of amides is 2. The van der Waals surface area contributed by atoms with Gasteiger partial charge >= 0.3 is 18.2 Å². The molecule has 0 aromatic carbocycles. The number of rotatable bonds is 7. The zero-order valence-electron chi connectivity index (χ0n) is 21.4. The van der Waals surface area contributed by atoms with Crippen molar-refractivity contribution in [2.24, 2.45) is 0 Å². The average molecular weight is 577 g/mol. The molecule has 0 fully saturated rings. The molecule has 0 aliphatic carbocycles. The van der Waals surface area contributed by atoms with Gasteiger partial charge in [0, 0.05) is 47.6 Å². The number of anilines is 1. The van der Waals surface area contributed by atoms with Gasteiger partial charge in [-0.25, -0.2) is 24.5 Å². The highest BCUT2D eigenvalue weighted by Gasteiger charge is 2.34. The lowest BCUT2D eigenvalue weighted by molar-refractivity contribution is -0.140. The second kappa shape index (κ2) is 11.3. The van der Waals surface area contributed by atoms with Crippen LogP contribution >= 0.6 is 11.3 Å². The summed E-state index contributed by atoms with van der Waals surface area (Å²) in [6.07, 6.45) is -2.02. The molecule has 0 atom stereocenters. The standard InChI is InChI=1S/C25H23F3N6O5S/c1-4-29-24(38)33-17-8-13(21-32-16(11-40-21)25(26,27)28)15(10-30-17)12-7-14-19(35)18(23(37)39-6-3)22(36)34(5-2)20(14)31-9-12/h7-11,36H,4-6H2,1-3H3,(H2,29,30,33,38). The number of nitrogens with zero attached hydrogens (tertiary/aromatic N) is 4. The van der Waals surface area contributed by atoms with Crippen LogP contribution in [0.25, 0.3) is 32.7 Å². The number of halogens is 3. The summed E-state index contributed by atoms with van der Waals surface area (Å²) in [5, 5.41) is 16.5. The van der Waals surface area contributed by atoms with Gasteiger partial charge in [0.2, 0.25) is 11.3 Å². The SMILES string of the molecule is CCNC(=O)Nc1cc(-c2nc(C(F)(F)F)cs2)c(-c2cnc3c(c2)c(=O)c(C(=O)OCC)c(O)n3CC)cn1. The molecular weight excluding hydrogens is 553 g/mol. The highest BCUT2D eigenvalue weighted by molar-refractivity contribution is 7.13. The molecule has 3 N–H and O–H groups in total. The largest absolute Gasteiger partial charge is 0.494 e. The number of aryl methyl sites for hydroxylation is 1. The first-order valence-corrected chi connectivity index (χ1v) is 12.9. The first-order valence-electron chi connectivity index (χ1n) is 12.0. The van der Waals surface area contributed by atoms with E-state index in [0.29, 0.717) is 6.54 Å².